The molecule has 0 radical (unpaired) electrons. The Kier molecular flexibility index (Phi) is 15.1. The van der Waals surface area contributed by atoms with E-state index >= 15 is 0 Å². The van der Waals surface area contributed by atoms with Gasteiger partial charge < -0.3 is 19.1 Å². The van der Waals surface area contributed by atoms with E-state index in [4.69, 9.17) is 32.8 Å². The van der Waals surface area contributed by atoms with E-state index in [0.29, 0.717) is 38.8 Å². The maximum absolute atomic E-state index is 13.2. The topological polar surface area (TPSA) is 81.7 Å². The first-order valence-electron chi connectivity index (χ1n) is 12.1. The smallest absolute Gasteiger partial charge is 0.379 e. The molecule has 2 rings (SSSR count). The minimum atomic E-state index is -3.94. The van der Waals surface area contributed by atoms with Crippen molar-refractivity contribution in [2.75, 3.05) is 52.9 Å². The molecule has 9 heteroatoms. The summed E-state index contributed by atoms with van der Waals surface area (Å²) < 4.78 is 45.4. The molecule has 0 aliphatic heterocycles. The highest BCUT2D eigenvalue weighted by Crippen LogP contribution is 2.50. The first-order valence-corrected chi connectivity index (χ1v) is 13.6. The molecule has 0 aliphatic carbocycles. The maximum atomic E-state index is 13.2. The highest BCUT2D eigenvalue weighted by atomic mass is 31.2. The van der Waals surface area contributed by atoms with Gasteiger partial charge in [0.1, 0.15) is 0 Å². The molecule has 0 aliphatic rings. The van der Waals surface area contributed by atoms with Gasteiger partial charge in [-0.25, -0.2) is 4.57 Å². The van der Waals surface area contributed by atoms with E-state index < -0.39 is 7.82 Å². The molecule has 8 nitrogen and oxygen atoms in total. The number of hydrogen-bond acceptors (Lipinski definition) is 8. The Bertz CT molecular complexity index is 826. The Morgan fingerprint density at radius 1 is 0.676 bits per heavy atom. The quantitative estimate of drug-likeness (QED) is 0.0855. The Morgan fingerprint density at radius 3 is 2.09 bits per heavy atom. The van der Waals surface area contributed by atoms with Crippen molar-refractivity contribution < 1.29 is 37.4 Å². The molecule has 1 atom stereocenters. The summed E-state index contributed by atoms with van der Waals surface area (Å²) >= 11 is 0. The number of fused-ring (bicyclic) bond motifs is 1. The fourth-order valence-corrected chi connectivity index (χ4v) is 4.09. The Labute approximate surface area is 203 Å². The van der Waals surface area contributed by atoms with E-state index in [0.717, 1.165) is 36.5 Å². The highest BCUT2D eigenvalue weighted by Gasteiger charge is 2.29. The third kappa shape index (κ3) is 11.8. The monoisotopic (exact) mass is 498 g/mol. The van der Waals surface area contributed by atoms with Crippen molar-refractivity contribution in [2.45, 2.75) is 46.0 Å². The van der Waals surface area contributed by atoms with Gasteiger partial charge in [0.2, 0.25) is 0 Å². The first-order chi connectivity index (χ1) is 16.7. The van der Waals surface area contributed by atoms with E-state index in [1.165, 1.54) is 6.42 Å². The van der Waals surface area contributed by atoms with Crippen LogP contribution in [0.3, 0.4) is 0 Å². The summed E-state index contributed by atoms with van der Waals surface area (Å²) in [6.07, 6.45) is 5.19. The molecule has 0 bridgehead atoms. The van der Waals surface area contributed by atoms with Crippen molar-refractivity contribution in [1.29, 1.82) is 0 Å². The summed E-state index contributed by atoms with van der Waals surface area (Å²) in [6.45, 7) is 7.20. The van der Waals surface area contributed by atoms with Crippen molar-refractivity contribution in [2.24, 2.45) is 0 Å². The lowest BCUT2D eigenvalue weighted by atomic mass is 10.1. The van der Waals surface area contributed by atoms with Gasteiger partial charge in [0.05, 0.1) is 46.2 Å². The lowest BCUT2D eigenvalue weighted by Crippen LogP contribution is -2.12. The van der Waals surface area contributed by atoms with Gasteiger partial charge in [0, 0.05) is 12.0 Å². The van der Waals surface area contributed by atoms with Crippen LogP contribution in [0.2, 0.25) is 0 Å². The lowest BCUT2D eigenvalue weighted by Gasteiger charge is -2.17. The molecule has 0 saturated carbocycles. The normalized spacial score (nSPS) is 13.2. The van der Waals surface area contributed by atoms with Gasteiger partial charge >= 0.3 is 7.82 Å². The van der Waals surface area contributed by atoms with Gasteiger partial charge in [-0.15, -0.1) is 0 Å². The van der Waals surface area contributed by atoms with Crippen LogP contribution in [0.5, 0.6) is 5.75 Å². The van der Waals surface area contributed by atoms with Crippen LogP contribution in [0.4, 0.5) is 0 Å². The van der Waals surface area contributed by atoms with Crippen molar-refractivity contribution in [3.8, 4) is 5.75 Å². The van der Waals surface area contributed by atoms with Crippen LogP contribution in [-0.4, -0.2) is 52.9 Å². The molecular formula is C25H39O8P. The first kappa shape index (κ1) is 28.7. The molecule has 0 fully saturated rings. The molecule has 0 aromatic heterocycles. The molecule has 1 unspecified atom stereocenters. The number of benzene rings is 2. The Balaban J connectivity index is 1.79. The number of unbranched alkanes of at least 4 members (excludes halogenated alkanes) is 4. The van der Waals surface area contributed by atoms with Crippen LogP contribution < -0.4 is 4.89 Å². The highest BCUT2D eigenvalue weighted by molar-refractivity contribution is 7.48. The minimum Gasteiger partial charge on any atom is -0.379 e. The number of ether oxygens (including phenoxy) is 3. The molecule has 34 heavy (non-hydrogen) atoms. The van der Waals surface area contributed by atoms with E-state index in [2.05, 4.69) is 6.92 Å². The number of rotatable bonds is 21. The zero-order valence-corrected chi connectivity index (χ0v) is 21.3. The van der Waals surface area contributed by atoms with Gasteiger partial charge in [0.15, 0.2) is 5.75 Å². The summed E-state index contributed by atoms with van der Waals surface area (Å²) in [5.74, 6) is 0.439. The standard InChI is InChI=1S/C25H39O8P/c1-3-5-6-7-10-16-30-34(26,31-22-21-29-20-19-28-18-17-27-4-2)33-32-25-15-11-13-23-12-8-9-14-24(23)25/h8-9,11-15H,3-7,10,16-22H2,1-2H3. The fourth-order valence-electron chi connectivity index (χ4n) is 3.11. The number of phosphoric ester groups is 1. The summed E-state index contributed by atoms with van der Waals surface area (Å²) in [6, 6.07) is 13.2. The van der Waals surface area contributed by atoms with E-state index in [9.17, 15) is 4.57 Å². The predicted octanol–water partition coefficient (Wildman–Crippen LogP) is 6.33. The van der Waals surface area contributed by atoms with E-state index in [1.54, 1.807) is 6.07 Å². The second-order valence-electron chi connectivity index (χ2n) is 7.58. The summed E-state index contributed by atoms with van der Waals surface area (Å²) in [5.41, 5.74) is 0. The minimum absolute atomic E-state index is 0.0327. The van der Waals surface area contributed by atoms with Crippen LogP contribution in [0.1, 0.15) is 46.0 Å². The van der Waals surface area contributed by atoms with Gasteiger partial charge in [-0.05, 0) is 24.8 Å². The molecule has 0 N–H and O–H groups in total. The third-order valence-electron chi connectivity index (χ3n) is 4.89. The summed E-state index contributed by atoms with van der Waals surface area (Å²) in [4.78, 5) is 5.44. The van der Waals surface area contributed by atoms with Crippen molar-refractivity contribution in [3.63, 3.8) is 0 Å². The number of phosphoric acid groups is 1. The van der Waals surface area contributed by atoms with Crippen molar-refractivity contribution in [3.05, 3.63) is 42.5 Å². The zero-order valence-electron chi connectivity index (χ0n) is 20.4. The van der Waals surface area contributed by atoms with Crippen LogP contribution in [0.15, 0.2) is 42.5 Å². The number of hydrogen-bond donors (Lipinski definition) is 0. The largest absolute Gasteiger partial charge is 0.511 e. The van der Waals surface area contributed by atoms with Gasteiger partial charge in [0.25, 0.3) is 0 Å². The predicted molar refractivity (Wildman–Crippen MR) is 132 cm³/mol. The van der Waals surface area contributed by atoms with Crippen LogP contribution in [0.25, 0.3) is 10.8 Å². The lowest BCUT2D eigenvalue weighted by molar-refractivity contribution is -0.132. The molecular weight excluding hydrogens is 459 g/mol. The third-order valence-corrected chi connectivity index (χ3v) is 6.15. The van der Waals surface area contributed by atoms with Crippen molar-refractivity contribution in [1.82, 2.24) is 0 Å². The Hall–Kier alpha value is -1.51. The molecule has 0 amide bonds. The average molecular weight is 499 g/mol. The maximum Gasteiger partial charge on any atom is 0.511 e. The molecule has 0 heterocycles. The van der Waals surface area contributed by atoms with Crippen LogP contribution in [-0.2, 0) is 32.5 Å². The van der Waals surface area contributed by atoms with Crippen molar-refractivity contribution >= 4 is 18.6 Å². The van der Waals surface area contributed by atoms with Gasteiger partial charge in [-0.1, -0.05) is 73.7 Å². The second-order valence-corrected chi connectivity index (χ2v) is 9.14. The average Bonchev–Trinajstić information content (AvgIpc) is 2.86. The molecule has 2 aromatic carbocycles. The zero-order chi connectivity index (χ0) is 24.3. The molecule has 0 spiro atoms. The molecule has 2 aromatic rings. The van der Waals surface area contributed by atoms with Crippen LogP contribution in [0, 0.1) is 0 Å². The summed E-state index contributed by atoms with van der Waals surface area (Å²) in [7, 11) is -3.94. The van der Waals surface area contributed by atoms with Gasteiger partial charge in [-0.2, -0.15) is 0 Å². The second kappa shape index (κ2) is 17.9. The summed E-state index contributed by atoms with van der Waals surface area (Å²) in [5, 5.41) is 1.82. The van der Waals surface area contributed by atoms with E-state index in [1.807, 2.05) is 43.3 Å². The molecule has 0 saturated heterocycles. The van der Waals surface area contributed by atoms with E-state index in [-0.39, 0.29) is 19.8 Å². The van der Waals surface area contributed by atoms with Crippen LogP contribution >= 0.6 is 7.82 Å². The Morgan fingerprint density at radius 2 is 1.32 bits per heavy atom. The van der Waals surface area contributed by atoms with Gasteiger partial charge in [-0.3, -0.25) is 9.05 Å². The molecule has 192 valence electrons. The fraction of sp³-hybridized carbons (Fsp3) is 0.600. The SMILES string of the molecule is CCCCCCCOP(=O)(OCCOCCOCCOCC)OOc1cccc2ccccc12.